The molecule has 1 N–H and O–H groups in total. The number of likely N-dealkylation sites (tertiary alicyclic amines) is 1. The molecule has 1 aliphatic heterocycles. The van der Waals surface area contributed by atoms with Crippen molar-refractivity contribution in [3.63, 3.8) is 0 Å². The van der Waals surface area contributed by atoms with Crippen LogP contribution in [0.3, 0.4) is 0 Å². The van der Waals surface area contributed by atoms with Crippen molar-refractivity contribution in [2.24, 2.45) is 0 Å². The fourth-order valence-corrected chi connectivity index (χ4v) is 4.58. The highest BCUT2D eigenvalue weighted by Crippen LogP contribution is 2.30. The van der Waals surface area contributed by atoms with Crippen molar-refractivity contribution in [2.75, 3.05) is 18.4 Å². The first-order chi connectivity index (χ1) is 14.9. The fourth-order valence-electron chi connectivity index (χ4n) is 3.54. The topological polar surface area (TPSA) is 41.6 Å². The molecule has 1 aliphatic rings. The van der Waals surface area contributed by atoms with Gasteiger partial charge in [-0.15, -0.1) is 24.5 Å². The maximum Gasteiger partial charge on any atom is 0.573 e. The lowest BCUT2D eigenvalue weighted by Crippen LogP contribution is -2.17. The van der Waals surface area contributed by atoms with Gasteiger partial charge in [-0.25, -0.2) is 0 Å². The number of hydrogen-bond donors (Lipinski definition) is 1. The molecular formula is C23H21F3N2O2S. The minimum absolute atomic E-state index is 0.333. The van der Waals surface area contributed by atoms with Gasteiger partial charge >= 0.3 is 6.36 Å². The molecule has 0 atom stereocenters. The van der Waals surface area contributed by atoms with Gasteiger partial charge in [0.05, 0.1) is 0 Å². The van der Waals surface area contributed by atoms with E-state index in [0.717, 1.165) is 42.2 Å². The van der Waals surface area contributed by atoms with Crippen molar-refractivity contribution >= 4 is 22.9 Å². The van der Waals surface area contributed by atoms with E-state index in [-0.39, 0.29) is 11.7 Å². The van der Waals surface area contributed by atoms with E-state index in [9.17, 15) is 18.0 Å². The van der Waals surface area contributed by atoms with Crippen LogP contribution in [0.1, 0.15) is 28.1 Å². The van der Waals surface area contributed by atoms with E-state index in [0.29, 0.717) is 11.3 Å². The molecule has 0 saturated carbocycles. The Bertz CT molecular complexity index is 1040. The molecule has 0 aliphatic carbocycles. The van der Waals surface area contributed by atoms with Crippen LogP contribution in [0.15, 0.2) is 60.7 Å². The Morgan fingerprint density at radius 2 is 1.77 bits per heavy atom. The predicted octanol–water partition coefficient (Wildman–Crippen LogP) is 6.16. The lowest BCUT2D eigenvalue weighted by atomic mass is 10.1. The summed E-state index contributed by atoms with van der Waals surface area (Å²) in [6.45, 7) is 3.25. The molecule has 162 valence electrons. The Hall–Kier alpha value is -2.84. The molecule has 31 heavy (non-hydrogen) atoms. The van der Waals surface area contributed by atoms with E-state index in [1.807, 2.05) is 18.2 Å². The lowest BCUT2D eigenvalue weighted by Gasteiger charge is -2.12. The SMILES string of the molecule is O=C(Nc1ccc(OC(F)(F)F)cc1)c1cccc(-c2ccc(CN3CCCC3)s2)c1. The van der Waals surface area contributed by atoms with Crippen LogP contribution in [0, 0.1) is 0 Å². The molecule has 0 spiro atoms. The molecule has 0 unspecified atom stereocenters. The molecule has 1 aromatic heterocycles. The molecule has 2 heterocycles. The molecule has 0 bridgehead atoms. The van der Waals surface area contributed by atoms with Crippen LogP contribution in [0.5, 0.6) is 5.75 Å². The van der Waals surface area contributed by atoms with Crippen LogP contribution in [0.4, 0.5) is 18.9 Å². The number of carbonyl (C=O) groups excluding carboxylic acids is 1. The molecule has 0 radical (unpaired) electrons. The zero-order chi connectivity index (χ0) is 21.8. The summed E-state index contributed by atoms with van der Waals surface area (Å²) < 4.78 is 40.6. The van der Waals surface area contributed by atoms with Crippen LogP contribution in [0.2, 0.25) is 0 Å². The molecule has 1 fully saturated rings. The molecule has 4 nitrogen and oxygen atoms in total. The second-order valence-electron chi connectivity index (χ2n) is 7.36. The third-order valence-corrected chi connectivity index (χ3v) is 6.11. The number of amides is 1. The highest BCUT2D eigenvalue weighted by Gasteiger charge is 2.31. The van der Waals surface area contributed by atoms with Crippen LogP contribution < -0.4 is 10.1 Å². The highest BCUT2D eigenvalue weighted by molar-refractivity contribution is 7.15. The number of thiophene rings is 1. The van der Waals surface area contributed by atoms with Crippen LogP contribution in [-0.4, -0.2) is 30.3 Å². The Balaban J connectivity index is 1.42. The van der Waals surface area contributed by atoms with Crippen LogP contribution >= 0.6 is 11.3 Å². The molecule has 4 rings (SSSR count). The second kappa shape index (κ2) is 9.11. The third kappa shape index (κ3) is 5.86. The van der Waals surface area contributed by atoms with E-state index in [4.69, 9.17) is 0 Å². The Kier molecular flexibility index (Phi) is 6.29. The van der Waals surface area contributed by atoms with E-state index in [2.05, 4.69) is 27.1 Å². The van der Waals surface area contributed by atoms with E-state index in [1.54, 1.807) is 17.4 Å². The first-order valence-electron chi connectivity index (χ1n) is 9.94. The molecular weight excluding hydrogens is 425 g/mol. The molecule has 2 aromatic carbocycles. The van der Waals surface area contributed by atoms with Crippen LogP contribution in [-0.2, 0) is 6.54 Å². The minimum atomic E-state index is -4.75. The van der Waals surface area contributed by atoms with Crippen molar-refractivity contribution in [1.82, 2.24) is 4.90 Å². The highest BCUT2D eigenvalue weighted by atomic mass is 32.1. The maximum atomic E-state index is 12.6. The van der Waals surface area contributed by atoms with Gasteiger partial charge in [0.25, 0.3) is 5.91 Å². The van der Waals surface area contributed by atoms with Crippen molar-refractivity contribution < 1.29 is 22.7 Å². The van der Waals surface area contributed by atoms with E-state index in [1.165, 1.54) is 29.9 Å². The zero-order valence-electron chi connectivity index (χ0n) is 16.6. The van der Waals surface area contributed by atoms with Gasteiger partial charge < -0.3 is 10.1 Å². The number of rotatable bonds is 6. The summed E-state index contributed by atoms with van der Waals surface area (Å²) in [5, 5.41) is 2.70. The first-order valence-corrected chi connectivity index (χ1v) is 10.8. The van der Waals surface area contributed by atoms with Gasteiger partial charge in [-0.2, -0.15) is 0 Å². The third-order valence-electron chi connectivity index (χ3n) is 4.99. The van der Waals surface area contributed by atoms with E-state index >= 15 is 0 Å². The van der Waals surface area contributed by atoms with Gasteiger partial charge in [-0.3, -0.25) is 9.69 Å². The quantitative estimate of drug-likeness (QED) is 0.493. The Labute approximate surface area is 182 Å². The minimum Gasteiger partial charge on any atom is -0.406 e. The molecule has 1 amide bonds. The number of benzene rings is 2. The summed E-state index contributed by atoms with van der Waals surface area (Å²) in [6.07, 6.45) is -2.23. The summed E-state index contributed by atoms with van der Waals surface area (Å²) >= 11 is 1.72. The number of halogens is 3. The normalized spacial score (nSPS) is 14.5. The summed E-state index contributed by atoms with van der Waals surface area (Å²) in [5.41, 5.74) is 1.82. The number of anilines is 1. The summed E-state index contributed by atoms with van der Waals surface area (Å²) in [7, 11) is 0. The fraction of sp³-hybridized carbons (Fsp3) is 0.261. The summed E-state index contributed by atoms with van der Waals surface area (Å²) in [4.78, 5) is 17.5. The first kappa shape index (κ1) is 21.4. The van der Waals surface area contributed by atoms with Crippen LogP contribution in [0.25, 0.3) is 10.4 Å². The standard InChI is InChI=1S/C23H21F3N2O2S/c24-23(25,26)30-19-8-6-18(7-9-19)27-22(29)17-5-3-4-16(14-17)21-11-10-20(31-21)15-28-12-1-2-13-28/h3-11,14H,1-2,12-13,15H2,(H,27,29). The Morgan fingerprint density at radius 3 is 2.48 bits per heavy atom. The average molecular weight is 446 g/mol. The van der Waals surface area contributed by atoms with Gasteiger partial charge in [-0.1, -0.05) is 12.1 Å². The number of alkyl halides is 3. The van der Waals surface area contributed by atoms with Crippen molar-refractivity contribution in [2.45, 2.75) is 25.7 Å². The number of hydrogen-bond acceptors (Lipinski definition) is 4. The molecule has 3 aromatic rings. The van der Waals surface area contributed by atoms with Gasteiger partial charge in [0.1, 0.15) is 5.75 Å². The number of ether oxygens (including phenoxy) is 1. The van der Waals surface area contributed by atoms with Gasteiger partial charge in [0.2, 0.25) is 0 Å². The van der Waals surface area contributed by atoms with Crippen molar-refractivity contribution in [3.05, 3.63) is 71.1 Å². The summed E-state index contributed by atoms with van der Waals surface area (Å²) in [5.74, 6) is -0.671. The van der Waals surface area contributed by atoms with E-state index < -0.39 is 6.36 Å². The lowest BCUT2D eigenvalue weighted by molar-refractivity contribution is -0.274. The monoisotopic (exact) mass is 446 g/mol. The number of carbonyl (C=O) groups is 1. The van der Waals surface area contributed by atoms with Gasteiger partial charge in [0, 0.05) is 27.5 Å². The zero-order valence-corrected chi connectivity index (χ0v) is 17.4. The number of nitrogens with zero attached hydrogens (tertiary/aromatic N) is 1. The van der Waals surface area contributed by atoms with Crippen molar-refractivity contribution in [3.8, 4) is 16.2 Å². The average Bonchev–Trinajstić information content (AvgIpc) is 3.41. The second-order valence-corrected chi connectivity index (χ2v) is 8.52. The maximum absolute atomic E-state index is 12.6. The van der Waals surface area contributed by atoms with Gasteiger partial charge in [-0.05, 0) is 80.0 Å². The molecule has 1 saturated heterocycles. The van der Waals surface area contributed by atoms with Crippen molar-refractivity contribution in [1.29, 1.82) is 0 Å². The van der Waals surface area contributed by atoms with Gasteiger partial charge in [0.15, 0.2) is 0 Å². The summed E-state index contributed by atoms with van der Waals surface area (Å²) in [6, 6.07) is 16.6. The molecule has 8 heteroatoms. The number of nitrogens with one attached hydrogen (secondary N) is 1. The Morgan fingerprint density at radius 1 is 1.03 bits per heavy atom. The largest absolute Gasteiger partial charge is 0.573 e. The predicted molar refractivity (Wildman–Crippen MR) is 115 cm³/mol. The smallest absolute Gasteiger partial charge is 0.406 e.